The summed E-state index contributed by atoms with van der Waals surface area (Å²) < 4.78 is 1.74. The van der Waals surface area contributed by atoms with Crippen LogP contribution in [0.3, 0.4) is 0 Å². The molecule has 2 heterocycles. The molecule has 1 aromatic carbocycles. The zero-order chi connectivity index (χ0) is 15.3. The third-order valence-corrected chi connectivity index (χ3v) is 4.21. The van der Waals surface area contributed by atoms with E-state index >= 15 is 0 Å². The molecule has 1 amide bonds. The SMILES string of the molecule is Cn1cc(C2(NC(=O)c3cc4cc(O)ccc4[nH]3)CC2)cn1. The Hall–Kier alpha value is -2.76. The second kappa shape index (κ2) is 4.37. The lowest BCUT2D eigenvalue weighted by molar-refractivity contribution is 0.0926. The van der Waals surface area contributed by atoms with Crippen LogP contribution < -0.4 is 5.32 Å². The van der Waals surface area contributed by atoms with Crippen molar-refractivity contribution in [1.82, 2.24) is 20.1 Å². The molecule has 1 saturated carbocycles. The van der Waals surface area contributed by atoms with Crippen molar-refractivity contribution >= 4 is 16.8 Å². The zero-order valence-corrected chi connectivity index (χ0v) is 12.1. The second-order valence-corrected chi connectivity index (χ2v) is 5.89. The molecule has 0 spiro atoms. The number of nitrogens with zero attached hydrogens (tertiary/aromatic N) is 2. The average molecular weight is 296 g/mol. The molecule has 3 aromatic rings. The largest absolute Gasteiger partial charge is 0.508 e. The van der Waals surface area contributed by atoms with E-state index in [2.05, 4.69) is 15.4 Å². The number of fused-ring (bicyclic) bond motifs is 1. The number of aromatic hydroxyl groups is 1. The van der Waals surface area contributed by atoms with Crippen LogP contribution in [0.25, 0.3) is 10.9 Å². The van der Waals surface area contributed by atoms with Crippen LogP contribution in [0, 0.1) is 0 Å². The van der Waals surface area contributed by atoms with E-state index in [1.807, 2.05) is 13.2 Å². The summed E-state index contributed by atoms with van der Waals surface area (Å²) in [5.41, 5.74) is 2.08. The van der Waals surface area contributed by atoms with E-state index in [1.165, 1.54) is 0 Å². The van der Waals surface area contributed by atoms with E-state index < -0.39 is 0 Å². The number of phenols is 1. The van der Waals surface area contributed by atoms with Crippen LogP contribution in [0.1, 0.15) is 28.9 Å². The monoisotopic (exact) mass is 296 g/mol. The van der Waals surface area contributed by atoms with Gasteiger partial charge < -0.3 is 15.4 Å². The molecule has 6 nitrogen and oxygen atoms in total. The highest BCUT2D eigenvalue weighted by Crippen LogP contribution is 2.45. The van der Waals surface area contributed by atoms with Crippen LogP contribution in [0.4, 0.5) is 0 Å². The van der Waals surface area contributed by atoms with Gasteiger partial charge in [0.1, 0.15) is 11.4 Å². The summed E-state index contributed by atoms with van der Waals surface area (Å²) in [4.78, 5) is 15.6. The number of carbonyl (C=O) groups is 1. The van der Waals surface area contributed by atoms with Crippen LogP contribution >= 0.6 is 0 Å². The molecule has 1 aliphatic carbocycles. The summed E-state index contributed by atoms with van der Waals surface area (Å²) in [5, 5.41) is 17.6. The van der Waals surface area contributed by atoms with Gasteiger partial charge in [0.15, 0.2) is 0 Å². The van der Waals surface area contributed by atoms with Gasteiger partial charge in [0.25, 0.3) is 5.91 Å². The molecular weight excluding hydrogens is 280 g/mol. The van der Waals surface area contributed by atoms with Crippen molar-refractivity contribution in [2.75, 3.05) is 0 Å². The third kappa shape index (κ3) is 2.04. The Morgan fingerprint density at radius 2 is 2.23 bits per heavy atom. The smallest absolute Gasteiger partial charge is 0.268 e. The van der Waals surface area contributed by atoms with E-state index in [0.717, 1.165) is 29.3 Å². The predicted molar refractivity (Wildman–Crippen MR) is 81.5 cm³/mol. The number of benzene rings is 1. The van der Waals surface area contributed by atoms with Gasteiger partial charge in [-0.3, -0.25) is 9.48 Å². The maximum atomic E-state index is 12.5. The van der Waals surface area contributed by atoms with Crippen molar-refractivity contribution < 1.29 is 9.90 Å². The van der Waals surface area contributed by atoms with Gasteiger partial charge in [0.2, 0.25) is 0 Å². The van der Waals surface area contributed by atoms with Gasteiger partial charge in [-0.15, -0.1) is 0 Å². The Morgan fingerprint density at radius 3 is 2.91 bits per heavy atom. The second-order valence-electron chi connectivity index (χ2n) is 5.89. The molecule has 0 atom stereocenters. The number of amides is 1. The standard InChI is InChI=1S/C16H16N4O2/c1-20-9-11(8-17-20)16(4-5-16)19-15(22)14-7-10-6-12(21)2-3-13(10)18-14/h2-3,6-9,18,21H,4-5H2,1H3,(H,19,22). The lowest BCUT2D eigenvalue weighted by atomic mass is 10.1. The topological polar surface area (TPSA) is 82.9 Å². The third-order valence-electron chi connectivity index (χ3n) is 4.21. The minimum Gasteiger partial charge on any atom is -0.508 e. The molecule has 1 fully saturated rings. The first-order valence-electron chi connectivity index (χ1n) is 7.19. The molecule has 6 heteroatoms. The number of phenolic OH excluding ortho intramolecular Hbond substituents is 1. The number of H-pyrrole nitrogens is 1. The van der Waals surface area contributed by atoms with Gasteiger partial charge in [-0.25, -0.2) is 0 Å². The van der Waals surface area contributed by atoms with Crippen molar-refractivity contribution in [3.8, 4) is 5.75 Å². The van der Waals surface area contributed by atoms with E-state index in [4.69, 9.17) is 0 Å². The lowest BCUT2D eigenvalue weighted by Crippen LogP contribution is -2.34. The molecule has 4 rings (SSSR count). The summed E-state index contributed by atoms with van der Waals surface area (Å²) in [6.07, 6.45) is 5.59. The maximum absolute atomic E-state index is 12.5. The zero-order valence-electron chi connectivity index (χ0n) is 12.1. The predicted octanol–water partition coefficient (Wildman–Crippen LogP) is 2.03. The molecule has 0 saturated heterocycles. The summed E-state index contributed by atoms with van der Waals surface area (Å²) in [6.45, 7) is 0. The number of aromatic nitrogens is 3. The van der Waals surface area contributed by atoms with E-state index in [1.54, 1.807) is 35.1 Å². The van der Waals surface area contributed by atoms with Crippen molar-refractivity contribution in [3.63, 3.8) is 0 Å². The Bertz CT molecular complexity index is 873. The molecule has 2 aromatic heterocycles. The maximum Gasteiger partial charge on any atom is 0.268 e. The van der Waals surface area contributed by atoms with Crippen LogP contribution in [-0.4, -0.2) is 25.8 Å². The number of nitrogens with one attached hydrogen (secondary N) is 2. The van der Waals surface area contributed by atoms with Crippen LogP contribution in [-0.2, 0) is 12.6 Å². The summed E-state index contributed by atoms with van der Waals surface area (Å²) >= 11 is 0. The fourth-order valence-electron chi connectivity index (χ4n) is 2.81. The lowest BCUT2D eigenvalue weighted by Gasteiger charge is -2.15. The molecule has 0 radical (unpaired) electrons. The van der Waals surface area contributed by atoms with Crippen LogP contribution in [0.5, 0.6) is 5.75 Å². The number of aromatic amines is 1. The first-order valence-corrected chi connectivity index (χ1v) is 7.19. The number of hydrogen-bond donors (Lipinski definition) is 3. The van der Waals surface area contributed by atoms with Crippen molar-refractivity contribution in [3.05, 3.63) is 47.9 Å². The number of hydrogen-bond acceptors (Lipinski definition) is 3. The summed E-state index contributed by atoms with van der Waals surface area (Å²) in [5.74, 6) is 0.0459. The van der Waals surface area contributed by atoms with Crippen molar-refractivity contribution in [2.45, 2.75) is 18.4 Å². The molecule has 1 aliphatic rings. The quantitative estimate of drug-likeness (QED) is 0.691. The van der Waals surface area contributed by atoms with Gasteiger partial charge in [-0.2, -0.15) is 5.10 Å². The Balaban J connectivity index is 1.61. The number of aryl methyl sites for hydroxylation is 1. The highest BCUT2D eigenvalue weighted by Gasteiger charge is 2.46. The number of carbonyl (C=O) groups excluding carboxylic acids is 1. The molecule has 112 valence electrons. The summed E-state index contributed by atoms with van der Waals surface area (Å²) in [6, 6.07) is 6.74. The van der Waals surface area contributed by atoms with Crippen LogP contribution in [0.15, 0.2) is 36.7 Å². The summed E-state index contributed by atoms with van der Waals surface area (Å²) in [7, 11) is 1.87. The van der Waals surface area contributed by atoms with Crippen LogP contribution in [0.2, 0.25) is 0 Å². The highest BCUT2D eigenvalue weighted by atomic mass is 16.3. The van der Waals surface area contributed by atoms with E-state index in [-0.39, 0.29) is 17.2 Å². The van der Waals surface area contributed by atoms with Gasteiger partial charge in [-0.1, -0.05) is 0 Å². The van der Waals surface area contributed by atoms with Gasteiger partial charge in [-0.05, 0) is 37.1 Å². The molecule has 0 unspecified atom stereocenters. The van der Waals surface area contributed by atoms with Gasteiger partial charge >= 0.3 is 0 Å². The Labute approximate surface area is 126 Å². The molecular formula is C16H16N4O2. The first-order chi connectivity index (χ1) is 10.6. The van der Waals surface area contributed by atoms with Gasteiger partial charge in [0.05, 0.1) is 11.7 Å². The molecule has 0 aliphatic heterocycles. The van der Waals surface area contributed by atoms with E-state index in [9.17, 15) is 9.90 Å². The van der Waals surface area contributed by atoms with Crippen molar-refractivity contribution in [1.29, 1.82) is 0 Å². The van der Waals surface area contributed by atoms with E-state index in [0.29, 0.717) is 5.69 Å². The highest BCUT2D eigenvalue weighted by molar-refractivity contribution is 5.98. The minimum atomic E-state index is -0.287. The van der Waals surface area contributed by atoms with Gasteiger partial charge in [0, 0.05) is 29.7 Å². The Kier molecular flexibility index (Phi) is 2.57. The van der Waals surface area contributed by atoms with Crippen molar-refractivity contribution in [2.24, 2.45) is 7.05 Å². The molecule has 3 N–H and O–H groups in total. The fourth-order valence-corrected chi connectivity index (χ4v) is 2.81. The normalized spacial score (nSPS) is 15.9. The molecule has 0 bridgehead atoms. The molecule has 22 heavy (non-hydrogen) atoms. The average Bonchev–Trinajstić information content (AvgIpc) is 2.94. The fraction of sp³-hybridized carbons (Fsp3) is 0.250. The Morgan fingerprint density at radius 1 is 1.41 bits per heavy atom. The number of rotatable bonds is 3. The minimum absolute atomic E-state index is 0.142. The first kappa shape index (κ1) is 12.9.